The Bertz CT molecular complexity index is 777. The number of carbonyl (C=O) groups is 3. The molecule has 0 aliphatic carbocycles. The molecular formula is C32H54O3. The number of hydrogen-bond acceptors (Lipinski definition) is 3. The van der Waals surface area contributed by atoms with Crippen molar-refractivity contribution in [1.29, 1.82) is 0 Å². The number of Topliss-reactive ketones (excluding diaryl/α,β-unsaturated/α-hetero) is 3. The molecule has 3 nitrogen and oxygen atoms in total. The average Bonchev–Trinajstić information content (AvgIpc) is 2.79. The largest absolute Gasteiger partial charge is 0.300 e. The zero-order valence-electron chi connectivity index (χ0n) is 24.7. The van der Waals surface area contributed by atoms with E-state index in [4.69, 9.17) is 0 Å². The monoisotopic (exact) mass is 486 g/mol. The number of ketones is 3. The molecule has 0 saturated heterocycles. The third-order valence-electron chi connectivity index (χ3n) is 8.37. The molecule has 0 N–H and O–H groups in total. The minimum atomic E-state index is -0.243. The van der Waals surface area contributed by atoms with Gasteiger partial charge in [-0.15, -0.1) is 0 Å². The summed E-state index contributed by atoms with van der Waals surface area (Å²) in [7, 11) is 0. The SMILES string of the molecule is CC(C)=O.CCCCC(=O)C(C(C)C)C(C(C)=O)C(C)(CC)C(C)(CC)CC(C)c1ccccc1. The summed E-state index contributed by atoms with van der Waals surface area (Å²) < 4.78 is 0. The lowest BCUT2D eigenvalue weighted by Gasteiger charge is -2.53. The summed E-state index contributed by atoms with van der Waals surface area (Å²) in [5.74, 6) is 0.752. The van der Waals surface area contributed by atoms with Gasteiger partial charge in [0.05, 0.1) is 0 Å². The van der Waals surface area contributed by atoms with Crippen LogP contribution in [0, 0.1) is 28.6 Å². The van der Waals surface area contributed by atoms with Crippen LogP contribution in [0.4, 0.5) is 0 Å². The highest BCUT2D eigenvalue weighted by atomic mass is 16.1. The quantitative estimate of drug-likeness (QED) is 0.264. The van der Waals surface area contributed by atoms with E-state index >= 15 is 0 Å². The van der Waals surface area contributed by atoms with Crippen molar-refractivity contribution in [1.82, 2.24) is 0 Å². The van der Waals surface area contributed by atoms with E-state index in [2.05, 4.69) is 85.7 Å². The molecule has 0 aromatic heterocycles. The zero-order chi connectivity index (χ0) is 27.4. The van der Waals surface area contributed by atoms with Crippen LogP contribution < -0.4 is 0 Å². The maximum atomic E-state index is 13.4. The fourth-order valence-electron chi connectivity index (χ4n) is 5.94. The molecule has 1 aromatic carbocycles. The lowest BCUT2D eigenvalue weighted by Crippen LogP contribution is -2.51. The molecular weight excluding hydrogens is 432 g/mol. The Labute approximate surface area is 216 Å². The molecule has 0 spiro atoms. The van der Waals surface area contributed by atoms with Crippen LogP contribution in [0.2, 0.25) is 0 Å². The fraction of sp³-hybridized carbons (Fsp3) is 0.719. The predicted octanol–water partition coefficient (Wildman–Crippen LogP) is 8.84. The molecule has 0 aliphatic rings. The third-order valence-corrected chi connectivity index (χ3v) is 8.37. The van der Waals surface area contributed by atoms with Crippen LogP contribution in [0.5, 0.6) is 0 Å². The molecule has 0 fully saturated rings. The van der Waals surface area contributed by atoms with E-state index in [1.165, 1.54) is 19.4 Å². The van der Waals surface area contributed by atoms with Gasteiger partial charge < -0.3 is 4.79 Å². The Kier molecular flexibility index (Phi) is 14.6. The maximum absolute atomic E-state index is 13.4. The van der Waals surface area contributed by atoms with Crippen molar-refractivity contribution in [3.63, 3.8) is 0 Å². The highest BCUT2D eigenvalue weighted by Crippen LogP contribution is 2.57. The molecule has 0 heterocycles. The van der Waals surface area contributed by atoms with Crippen LogP contribution >= 0.6 is 0 Å². The second-order valence-corrected chi connectivity index (χ2v) is 11.5. The van der Waals surface area contributed by atoms with Gasteiger partial charge in [0.1, 0.15) is 17.3 Å². The first-order valence-electron chi connectivity index (χ1n) is 13.8. The highest BCUT2D eigenvalue weighted by molar-refractivity contribution is 5.89. The Balaban J connectivity index is 0.00000267. The van der Waals surface area contributed by atoms with Gasteiger partial charge in [0.2, 0.25) is 0 Å². The molecule has 200 valence electrons. The van der Waals surface area contributed by atoms with Gasteiger partial charge >= 0.3 is 0 Å². The van der Waals surface area contributed by atoms with Crippen LogP contribution in [0.3, 0.4) is 0 Å². The topological polar surface area (TPSA) is 51.2 Å². The second-order valence-electron chi connectivity index (χ2n) is 11.5. The average molecular weight is 487 g/mol. The maximum Gasteiger partial charge on any atom is 0.136 e. The Morgan fingerprint density at radius 3 is 1.74 bits per heavy atom. The highest BCUT2D eigenvalue weighted by Gasteiger charge is 2.53. The van der Waals surface area contributed by atoms with Crippen molar-refractivity contribution in [3.8, 4) is 0 Å². The van der Waals surface area contributed by atoms with Gasteiger partial charge in [-0.3, -0.25) is 9.59 Å². The van der Waals surface area contributed by atoms with Crippen LogP contribution in [0.15, 0.2) is 30.3 Å². The molecule has 5 unspecified atom stereocenters. The van der Waals surface area contributed by atoms with E-state index in [9.17, 15) is 14.4 Å². The summed E-state index contributed by atoms with van der Waals surface area (Å²) in [6.07, 6.45) is 5.40. The van der Waals surface area contributed by atoms with E-state index in [1.54, 1.807) is 6.92 Å². The first-order valence-corrected chi connectivity index (χ1v) is 13.8. The van der Waals surface area contributed by atoms with Gasteiger partial charge in [-0.05, 0) is 68.3 Å². The van der Waals surface area contributed by atoms with Crippen molar-refractivity contribution in [2.24, 2.45) is 28.6 Å². The Morgan fingerprint density at radius 2 is 1.37 bits per heavy atom. The second kappa shape index (κ2) is 15.4. The molecule has 1 rings (SSSR count). The number of unbranched alkanes of at least 4 members (excludes halogenated alkanes) is 1. The van der Waals surface area contributed by atoms with E-state index in [-0.39, 0.29) is 45.9 Å². The lowest BCUT2D eigenvalue weighted by atomic mass is 9.50. The predicted molar refractivity (Wildman–Crippen MR) is 150 cm³/mol. The molecule has 35 heavy (non-hydrogen) atoms. The normalized spacial score (nSPS) is 17.3. The van der Waals surface area contributed by atoms with Gasteiger partial charge in [-0.25, -0.2) is 0 Å². The van der Waals surface area contributed by atoms with Gasteiger partial charge in [-0.1, -0.05) is 98.6 Å². The molecule has 5 atom stereocenters. The molecule has 0 bridgehead atoms. The summed E-state index contributed by atoms with van der Waals surface area (Å²) in [5, 5.41) is 0. The summed E-state index contributed by atoms with van der Waals surface area (Å²) in [6, 6.07) is 10.7. The third kappa shape index (κ3) is 9.32. The molecule has 3 heteroatoms. The standard InChI is InChI=1S/C29H48O2.C3H6O/c1-10-13-19-25(31)26(21(4)5)27(23(7)30)29(9,12-3)28(8,11-2)20-22(6)24-17-15-14-16-18-24;1-3(2)4/h14-18,21-22,26-27H,10-13,19-20H2,1-9H3;1-2H3. The van der Waals surface area contributed by atoms with Crippen LogP contribution in [-0.4, -0.2) is 17.3 Å². The Morgan fingerprint density at radius 1 is 0.857 bits per heavy atom. The summed E-state index contributed by atoms with van der Waals surface area (Å²) >= 11 is 0. The van der Waals surface area contributed by atoms with Crippen molar-refractivity contribution in [2.45, 2.75) is 121 Å². The molecule has 0 radical (unpaired) electrons. The van der Waals surface area contributed by atoms with Crippen LogP contribution in [-0.2, 0) is 14.4 Å². The number of carbonyl (C=O) groups excluding carboxylic acids is 3. The molecule has 1 aromatic rings. The van der Waals surface area contributed by atoms with Crippen LogP contribution in [0.25, 0.3) is 0 Å². The number of benzene rings is 1. The van der Waals surface area contributed by atoms with Gasteiger partial charge in [-0.2, -0.15) is 0 Å². The van der Waals surface area contributed by atoms with E-state index in [0.717, 1.165) is 32.1 Å². The van der Waals surface area contributed by atoms with Crippen molar-refractivity contribution >= 4 is 17.3 Å². The minimum absolute atomic E-state index is 0.0501. The molecule has 0 amide bonds. The number of hydrogen-bond donors (Lipinski definition) is 0. The van der Waals surface area contributed by atoms with Crippen molar-refractivity contribution in [2.75, 3.05) is 0 Å². The fourth-order valence-corrected chi connectivity index (χ4v) is 5.94. The van der Waals surface area contributed by atoms with Gasteiger partial charge in [0, 0.05) is 18.3 Å². The number of rotatable bonds is 14. The van der Waals surface area contributed by atoms with Crippen molar-refractivity contribution in [3.05, 3.63) is 35.9 Å². The van der Waals surface area contributed by atoms with Crippen LogP contribution in [0.1, 0.15) is 126 Å². The van der Waals surface area contributed by atoms with E-state index in [1.807, 2.05) is 0 Å². The first-order chi connectivity index (χ1) is 16.2. The van der Waals surface area contributed by atoms with Crippen molar-refractivity contribution < 1.29 is 14.4 Å². The molecule has 0 aliphatic heterocycles. The first kappa shape index (κ1) is 33.2. The lowest BCUT2D eigenvalue weighted by molar-refractivity contribution is -0.145. The molecule has 0 saturated carbocycles. The Hall–Kier alpha value is -1.77. The smallest absolute Gasteiger partial charge is 0.136 e. The summed E-state index contributed by atoms with van der Waals surface area (Å²) in [4.78, 5) is 36.0. The zero-order valence-corrected chi connectivity index (χ0v) is 24.7. The summed E-state index contributed by atoms with van der Waals surface area (Å²) in [5.41, 5.74) is 1.05. The van der Waals surface area contributed by atoms with Gasteiger partial charge in [0.15, 0.2) is 0 Å². The van der Waals surface area contributed by atoms with E-state index in [0.29, 0.717) is 12.3 Å². The summed E-state index contributed by atoms with van der Waals surface area (Å²) in [6.45, 7) is 22.6. The minimum Gasteiger partial charge on any atom is -0.300 e. The van der Waals surface area contributed by atoms with E-state index < -0.39 is 0 Å². The van der Waals surface area contributed by atoms with Gasteiger partial charge in [0.25, 0.3) is 0 Å².